The smallest absolute Gasteiger partial charge is 0.264 e. The van der Waals surface area contributed by atoms with Crippen molar-refractivity contribution in [3.8, 4) is 0 Å². The first-order valence-corrected chi connectivity index (χ1v) is 11.1. The highest BCUT2D eigenvalue weighted by Gasteiger charge is 2.22. The van der Waals surface area contributed by atoms with Crippen molar-refractivity contribution in [1.29, 1.82) is 0 Å². The minimum atomic E-state index is -4.12. The Hall–Kier alpha value is -2.65. The summed E-state index contributed by atoms with van der Waals surface area (Å²) in [5.74, 6) is -1.11. The Labute approximate surface area is 170 Å². The van der Waals surface area contributed by atoms with Crippen molar-refractivity contribution in [2.24, 2.45) is 0 Å². The molecule has 1 fully saturated rings. The van der Waals surface area contributed by atoms with Gasteiger partial charge in [0.1, 0.15) is 10.7 Å². The zero-order chi connectivity index (χ0) is 20.9. The molecular weight excluding hydrogens is 395 g/mol. The standard InChI is InChI=1S/C20H25FN4O3S/c1-2-9-23-20(26)16-14-15(7-8-18(16)25-12-10-22-11-13-25)24-29(27,28)19-6-4-3-5-17(19)21/h3-8,14,22,24H,2,9-13H2,1H3,(H,23,26). The second kappa shape index (κ2) is 9.23. The van der Waals surface area contributed by atoms with Gasteiger partial charge >= 0.3 is 0 Å². The third-order valence-electron chi connectivity index (χ3n) is 4.61. The Morgan fingerprint density at radius 3 is 2.59 bits per heavy atom. The summed E-state index contributed by atoms with van der Waals surface area (Å²) in [5, 5.41) is 6.10. The number of carbonyl (C=O) groups is 1. The van der Waals surface area contributed by atoms with Crippen LogP contribution in [-0.2, 0) is 10.0 Å². The highest BCUT2D eigenvalue weighted by atomic mass is 32.2. The summed E-state index contributed by atoms with van der Waals surface area (Å²) in [6.07, 6.45) is 0.786. The van der Waals surface area contributed by atoms with Gasteiger partial charge in [0, 0.05) is 44.1 Å². The molecule has 3 N–H and O–H groups in total. The molecule has 3 rings (SSSR count). The number of sulfonamides is 1. The molecular formula is C20H25FN4O3S. The second-order valence-electron chi connectivity index (χ2n) is 6.76. The molecule has 0 saturated carbocycles. The molecule has 0 aliphatic carbocycles. The molecule has 1 amide bonds. The minimum absolute atomic E-state index is 0.203. The van der Waals surface area contributed by atoms with Crippen LogP contribution in [0.3, 0.4) is 0 Å². The lowest BCUT2D eigenvalue weighted by molar-refractivity contribution is 0.0954. The maximum absolute atomic E-state index is 13.9. The van der Waals surface area contributed by atoms with Gasteiger partial charge in [-0.2, -0.15) is 0 Å². The van der Waals surface area contributed by atoms with E-state index in [1.807, 2.05) is 6.92 Å². The largest absolute Gasteiger partial charge is 0.368 e. The third kappa shape index (κ3) is 5.04. The SMILES string of the molecule is CCCNC(=O)c1cc(NS(=O)(=O)c2ccccc2F)ccc1N1CCNCC1. The number of halogens is 1. The maximum Gasteiger partial charge on any atom is 0.264 e. The van der Waals surface area contributed by atoms with E-state index in [-0.39, 0.29) is 11.6 Å². The predicted octanol–water partition coefficient (Wildman–Crippen LogP) is 2.18. The summed E-state index contributed by atoms with van der Waals surface area (Å²) in [5.41, 5.74) is 1.33. The second-order valence-corrected chi connectivity index (χ2v) is 8.41. The molecule has 1 heterocycles. The molecule has 0 bridgehead atoms. The van der Waals surface area contributed by atoms with Crippen molar-refractivity contribution >= 4 is 27.3 Å². The van der Waals surface area contributed by atoms with E-state index < -0.39 is 20.7 Å². The number of benzene rings is 2. The summed E-state index contributed by atoms with van der Waals surface area (Å²) in [7, 11) is -4.12. The molecule has 0 spiro atoms. The molecule has 1 aliphatic heterocycles. The Balaban J connectivity index is 1.93. The first-order valence-electron chi connectivity index (χ1n) is 9.57. The first-order chi connectivity index (χ1) is 13.9. The van der Waals surface area contributed by atoms with Crippen LogP contribution in [0.5, 0.6) is 0 Å². The van der Waals surface area contributed by atoms with Gasteiger partial charge in [-0.05, 0) is 36.8 Å². The van der Waals surface area contributed by atoms with Gasteiger partial charge in [0.25, 0.3) is 15.9 Å². The van der Waals surface area contributed by atoms with Gasteiger partial charge in [-0.1, -0.05) is 19.1 Å². The number of rotatable bonds is 7. The number of carbonyl (C=O) groups excluding carboxylic acids is 1. The maximum atomic E-state index is 13.9. The summed E-state index contributed by atoms with van der Waals surface area (Å²) in [4.78, 5) is 14.4. The fraction of sp³-hybridized carbons (Fsp3) is 0.350. The topological polar surface area (TPSA) is 90.5 Å². The Morgan fingerprint density at radius 1 is 1.17 bits per heavy atom. The number of piperazine rings is 1. The number of hydrogen-bond donors (Lipinski definition) is 3. The van der Waals surface area contributed by atoms with Crippen LogP contribution in [0.4, 0.5) is 15.8 Å². The number of anilines is 2. The lowest BCUT2D eigenvalue weighted by Gasteiger charge is -2.31. The van der Waals surface area contributed by atoms with Crippen LogP contribution < -0.4 is 20.3 Å². The van der Waals surface area contributed by atoms with Crippen LogP contribution in [0.15, 0.2) is 47.4 Å². The van der Waals surface area contributed by atoms with Crippen molar-refractivity contribution < 1.29 is 17.6 Å². The van der Waals surface area contributed by atoms with Crippen LogP contribution in [-0.4, -0.2) is 47.0 Å². The summed E-state index contributed by atoms with van der Waals surface area (Å²) < 4.78 is 41.5. The lowest BCUT2D eigenvalue weighted by Crippen LogP contribution is -2.44. The predicted molar refractivity (Wildman–Crippen MR) is 111 cm³/mol. The highest BCUT2D eigenvalue weighted by molar-refractivity contribution is 7.92. The van der Waals surface area contributed by atoms with Crippen LogP contribution in [0.2, 0.25) is 0 Å². The van der Waals surface area contributed by atoms with Gasteiger partial charge in [0.15, 0.2) is 0 Å². The highest BCUT2D eigenvalue weighted by Crippen LogP contribution is 2.27. The molecule has 156 valence electrons. The van der Waals surface area contributed by atoms with Crippen molar-refractivity contribution in [2.75, 3.05) is 42.3 Å². The zero-order valence-corrected chi connectivity index (χ0v) is 17.1. The Bertz CT molecular complexity index is 975. The molecule has 0 unspecified atom stereocenters. The molecule has 2 aromatic rings. The van der Waals surface area contributed by atoms with Crippen LogP contribution >= 0.6 is 0 Å². The normalized spacial score (nSPS) is 14.5. The monoisotopic (exact) mass is 420 g/mol. The van der Waals surface area contributed by atoms with E-state index in [0.717, 1.165) is 44.4 Å². The summed E-state index contributed by atoms with van der Waals surface area (Å²) in [6.45, 7) is 5.57. The molecule has 2 aromatic carbocycles. The average Bonchev–Trinajstić information content (AvgIpc) is 2.72. The van der Waals surface area contributed by atoms with Gasteiger partial charge in [-0.15, -0.1) is 0 Å². The molecule has 1 saturated heterocycles. The van der Waals surface area contributed by atoms with Crippen molar-refractivity contribution in [3.63, 3.8) is 0 Å². The van der Waals surface area contributed by atoms with Crippen molar-refractivity contribution in [3.05, 3.63) is 53.8 Å². The van der Waals surface area contributed by atoms with Crippen LogP contribution in [0.25, 0.3) is 0 Å². The zero-order valence-electron chi connectivity index (χ0n) is 16.2. The van der Waals surface area contributed by atoms with Gasteiger partial charge in [-0.25, -0.2) is 12.8 Å². The number of nitrogens with zero attached hydrogens (tertiary/aromatic N) is 1. The molecule has 9 heteroatoms. The van der Waals surface area contributed by atoms with Gasteiger partial charge in [-0.3, -0.25) is 9.52 Å². The Morgan fingerprint density at radius 2 is 1.90 bits per heavy atom. The molecule has 0 atom stereocenters. The fourth-order valence-electron chi connectivity index (χ4n) is 3.17. The third-order valence-corrected chi connectivity index (χ3v) is 6.03. The lowest BCUT2D eigenvalue weighted by atomic mass is 10.1. The molecule has 1 aliphatic rings. The average molecular weight is 421 g/mol. The van der Waals surface area contributed by atoms with E-state index in [9.17, 15) is 17.6 Å². The van der Waals surface area contributed by atoms with Crippen LogP contribution in [0.1, 0.15) is 23.7 Å². The van der Waals surface area contributed by atoms with Gasteiger partial charge in [0.2, 0.25) is 0 Å². The fourth-order valence-corrected chi connectivity index (χ4v) is 4.30. The summed E-state index contributed by atoms with van der Waals surface area (Å²) in [6, 6.07) is 9.98. The van der Waals surface area contributed by atoms with E-state index in [1.54, 1.807) is 12.1 Å². The van der Waals surface area contributed by atoms with Crippen molar-refractivity contribution in [2.45, 2.75) is 18.2 Å². The van der Waals surface area contributed by atoms with E-state index in [4.69, 9.17) is 0 Å². The molecule has 0 aromatic heterocycles. The first kappa shape index (κ1) is 21.1. The Kier molecular flexibility index (Phi) is 6.71. The number of nitrogens with one attached hydrogen (secondary N) is 3. The molecule has 7 nitrogen and oxygen atoms in total. The van der Waals surface area contributed by atoms with Crippen LogP contribution in [0, 0.1) is 5.82 Å². The van der Waals surface area contributed by atoms with E-state index in [1.165, 1.54) is 24.3 Å². The molecule has 29 heavy (non-hydrogen) atoms. The van der Waals surface area contributed by atoms with E-state index in [0.29, 0.717) is 12.1 Å². The van der Waals surface area contributed by atoms with Gasteiger partial charge < -0.3 is 15.5 Å². The molecule has 0 radical (unpaired) electrons. The number of amides is 1. The van der Waals surface area contributed by atoms with E-state index >= 15 is 0 Å². The number of hydrogen-bond acceptors (Lipinski definition) is 5. The summed E-state index contributed by atoms with van der Waals surface area (Å²) >= 11 is 0. The van der Waals surface area contributed by atoms with Gasteiger partial charge in [0.05, 0.1) is 5.56 Å². The van der Waals surface area contributed by atoms with E-state index in [2.05, 4.69) is 20.3 Å². The quantitative estimate of drug-likeness (QED) is 0.639. The minimum Gasteiger partial charge on any atom is -0.368 e. The van der Waals surface area contributed by atoms with Crippen molar-refractivity contribution in [1.82, 2.24) is 10.6 Å².